The van der Waals surface area contributed by atoms with Gasteiger partial charge in [-0.15, -0.1) is 11.3 Å². The van der Waals surface area contributed by atoms with Crippen LogP contribution in [0.2, 0.25) is 0 Å². The summed E-state index contributed by atoms with van der Waals surface area (Å²) in [6.45, 7) is 0. The zero-order valence-corrected chi connectivity index (χ0v) is 32.2. The molecule has 0 bridgehead atoms. The normalized spacial score (nSPS) is 13.1. The Balaban J connectivity index is 0.961. The van der Waals surface area contributed by atoms with Gasteiger partial charge in [0.15, 0.2) is 0 Å². The van der Waals surface area contributed by atoms with E-state index in [1.807, 2.05) is 11.3 Å². The van der Waals surface area contributed by atoms with Gasteiger partial charge in [0, 0.05) is 58.2 Å². The minimum atomic E-state index is 0.851. The number of para-hydroxylation sites is 1. The lowest BCUT2D eigenvalue weighted by Crippen LogP contribution is -1.94. The highest BCUT2D eigenvalue weighted by Crippen LogP contribution is 2.44. The Morgan fingerprint density at radius 1 is 0.431 bits per heavy atom. The van der Waals surface area contributed by atoms with Crippen LogP contribution in [0.15, 0.2) is 188 Å². The van der Waals surface area contributed by atoms with Gasteiger partial charge in [-0.1, -0.05) is 164 Å². The standard InChI is InChI=1S/C54H33N3S/c1-2-4-12-34(11-3-1)46-31-25-36-23-24-37-26-32-48(57-53(37)52(36)55-46)41-28-27-38(39-13-5-6-14-40(39)41)33-19-21-35(22-20-33)51-45-30-29-43-42-15-8-10-18-49(42)58-54(43)50(45)44-16-7-9-17-47(44)56-51/h1-11,13-32H,12H2. The summed E-state index contributed by atoms with van der Waals surface area (Å²) in [4.78, 5) is 15.8. The molecule has 0 saturated carbocycles. The van der Waals surface area contributed by atoms with Gasteiger partial charge in [0.1, 0.15) is 0 Å². The maximum absolute atomic E-state index is 5.34. The van der Waals surface area contributed by atoms with E-state index < -0.39 is 0 Å². The molecule has 1 aliphatic carbocycles. The monoisotopic (exact) mass is 755 g/mol. The van der Waals surface area contributed by atoms with Crippen LogP contribution >= 0.6 is 11.3 Å². The molecule has 0 aliphatic heterocycles. The van der Waals surface area contributed by atoms with E-state index in [1.54, 1.807) is 0 Å². The average molecular weight is 756 g/mol. The number of pyridine rings is 3. The third-order valence-corrected chi connectivity index (χ3v) is 12.9. The molecule has 4 heteroatoms. The predicted octanol–water partition coefficient (Wildman–Crippen LogP) is 14.9. The lowest BCUT2D eigenvalue weighted by atomic mass is 9.92. The van der Waals surface area contributed by atoms with Crippen LogP contribution in [0.1, 0.15) is 12.1 Å². The molecule has 0 atom stereocenters. The van der Waals surface area contributed by atoms with Crippen LogP contribution in [0.25, 0.3) is 114 Å². The first kappa shape index (κ1) is 32.9. The van der Waals surface area contributed by atoms with E-state index in [2.05, 4.69) is 188 Å². The second-order valence-corrected chi connectivity index (χ2v) is 16.1. The quantitative estimate of drug-likeness (QED) is 0.168. The molecule has 270 valence electrons. The molecule has 7 aromatic carbocycles. The highest BCUT2D eigenvalue weighted by atomic mass is 32.1. The van der Waals surface area contributed by atoms with Crippen LogP contribution in [0, 0.1) is 0 Å². The molecule has 12 rings (SSSR count). The van der Waals surface area contributed by atoms with Crippen LogP contribution in [0.3, 0.4) is 0 Å². The fourth-order valence-corrected chi connectivity index (χ4v) is 10.1. The minimum absolute atomic E-state index is 0.851. The number of nitrogens with zero attached hydrogens (tertiary/aromatic N) is 3. The van der Waals surface area contributed by atoms with Gasteiger partial charge in [-0.05, 0) is 58.2 Å². The summed E-state index contributed by atoms with van der Waals surface area (Å²) < 4.78 is 2.63. The van der Waals surface area contributed by atoms with Gasteiger partial charge in [-0.3, -0.25) is 0 Å². The first-order valence-corrected chi connectivity index (χ1v) is 20.6. The number of benzene rings is 7. The molecule has 58 heavy (non-hydrogen) atoms. The van der Waals surface area contributed by atoms with Gasteiger partial charge < -0.3 is 0 Å². The highest BCUT2D eigenvalue weighted by Gasteiger charge is 2.17. The molecule has 0 unspecified atom stereocenters. The largest absolute Gasteiger partial charge is 0.247 e. The van der Waals surface area contributed by atoms with Crippen LogP contribution in [0.4, 0.5) is 0 Å². The van der Waals surface area contributed by atoms with Gasteiger partial charge in [0.25, 0.3) is 0 Å². The van der Waals surface area contributed by atoms with Gasteiger partial charge >= 0.3 is 0 Å². The first-order chi connectivity index (χ1) is 28.7. The molecule has 0 amide bonds. The Morgan fingerprint density at radius 3 is 1.90 bits per heavy atom. The van der Waals surface area contributed by atoms with Crippen molar-refractivity contribution in [1.29, 1.82) is 0 Å². The van der Waals surface area contributed by atoms with Crippen molar-refractivity contribution in [1.82, 2.24) is 15.0 Å². The zero-order valence-electron chi connectivity index (χ0n) is 31.4. The molecule has 0 radical (unpaired) electrons. The van der Waals surface area contributed by atoms with E-state index in [9.17, 15) is 0 Å². The van der Waals surface area contributed by atoms with E-state index in [0.717, 1.165) is 67.5 Å². The lowest BCUT2D eigenvalue weighted by molar-refractivity contribution is 1.28. The third-order valence-electron chi connectivity index (χ3n) is 11.7. The molecule has 0 N–H and O–H groups in total. The molecule has 0 saturated heterocycles. The number of fused-ring (bicyclic) bond motifs is 11. The van der Waals surface area contributed by atoms with Crippen molar-refractivity contribution in [3.63, 3.8) is 0 Å². The fraction of sp³-hybridized carbons (Fsp3) is 0.0185. The number of hydrogen-bond donors (Lipinski definition) is 0. The van der Waals surface area contributed by atoms with E-state index in [0.29, 0.717) is 0 Å². The Morgan fingerprint density at radius 2 is 1.07 bits per heavy atom. The van der Waals surface area contributed by atoms with E-state index in [4.69, 9.17) is 15.0 Å². The van der Waals surface area contributed by atoms with Gasteiger partial charge in [-0.2, -0.15) is 0 Å². The molecule has 4 heterocycles. The van der Waals surface area contributed by atoms with Crippen molar-refractivity contribution in [2.45, 2.75) is 6.42 Å². The first-order valence-electron chi connectivity index (χ1n) is 19.7. The lowest BCUT2D eigenvalue weighted by Gasteiger charge is -2.14. The maximum atomic E-state index is 5.34. The molecule has 0 fully saturated rings. The number of allylic oxidation sites excluding steroid dienone is 6. The molecule has 11 aromatic rings. The van der Waals surface area contributed by atoms with Crippen molar-refractivity contribution < 1.29 is 0 Å². The maximum Gasteiger partial charge on any atom is 0.0972 e. The van der Waals surface area contributed by atoms with Crippen molar-refractivity contribution in [2.24, 2.45) is 0 Å². The van der Waals surface area contributed by atoms with Crippen LogP contribution in [-0.2, 0) is 0 Å². The van der Waals surface area contributed by atoms with Crippen molar-refractivity contribution in [3.05, 3.63) is 194 Å². The Kier molecular flexibility index (Phi) is 7.47. The van der Waals surface area contributed by atoms with Gasteiger partial charge in [-0.25, -0.2) is 15.0 Å². The Bertz CT molecular complexity index is 3590. The summed E-state index contributed by atoms with van der Waals surface area (Å²) in [6.07, 6.45) is 11.4. The van der Waals surface area contributed by atoms with E-state index in [1.165, 1.54) is 58.2 Å². The Hall–Kier alpha value is -7.27. The number of aromatic nitrogens is 3. The third kappa shape index (κ3) is 5.23. The van der Waals surface area contributed by atoms with E-state index in [-0.39, 0.29) is 0 Å². The topological polar surface area (TPSA) is 38.7 Å². The summed E-state index contributed by atoms with van der Waals surface area (Å²) in [7, 11) is 0. The summed E-state index contributed by atoms with van der Waals surface area (Å²) in [5, 5.41) is 10.8. The summed E-state index contributed by atoms with van der Waals surface area (Å²) in [5.74, 6) is 0. The summed E-state index contributed by atoms with van der Waals surface area (Å²) in [6, 6.07) is 56.9. The fourth-order valence-electron chi connectivity index (χ4n) is 8.88. The minimum Gasteiger partial charge on any atom is -0.247 e. The highest BCUT2D eigenvalue weighted by molar-refractivity contribution is 7.26. The summed E-state index contributed by atoms with van der Waals surface area (Å²) in [5.41, 5.74) is 11.6. The number of rotatable bonds is 4. The van der Waals surface area contributed by atoms with E-state index >= 15 is 0 Å². The molecule has 4 aromatic heterocycles. The number of hydrogen-bond acceptors (Lipinski definition) is 4. The molecule has 3 nitrogen and oxygen atoms in total. The SMILES string of the molecule is C1=CC=C(c2ccc3ccc4ccc(-c5ccc(-c6ccc(-c7nc8ccccc8c8c7ccc7c9ccccc9sc78)cc6)c6ccccc56)nc4c3n2)CC=C1. The molecule has 0 spiro atoms. The van der Waals surface area contributed by atoms with Crippen LogP contribution in [0.5, 0.6) is 0 Å². The van der Waals surface area contributed by atoms with Crippen molar-refractivity contribution in [3.8, 4) is 33.6 Å². The van der Waals surface area contributed by atoms with Crippen LogP contribution in [-0.4, -0.2) is 15.0 Å². The smallest absolute Gasteiger partial charge is 0.0972 e. The molecular weight excluding hydrogens is 723 g/mol. The van der Waals surface area contributed by atoms with Crippen molar-refractivity contribution >= 4 is 91.3 Å². The second kappa shape index (κ2) is 13.2. The second-order valence-electron chi connectivity index (χ2n) is 15.0. The predicted molar refractivity (Wildman–Crippen MR) is 247 cm³/mol. The molecular formula is C54H33N3S. The summed E-state index contributed by atoms with van der Waals surface area (Å²) >= 11 is 1.88. The zero-order chi connectivity index (χ0) is 38.2. The Labute approximate surface area is 338 Å². The number of thiophene rings is 1. The van der Waals surface area contributed by atoms with Gasteiger partial charge in [0.05, 0.1) is 33.6 Å². The average Bonchev–Trinajstić information content (AvgIpc) is 3.45. The van der Waals surface area contributed by atoms with Gasteiger partial charge in [0.2, 0.25) is 0 Å². The van der Waals surface area contributed by atoms with Crippen LogP contribution < -0.4 is 0 Å². The van der Waals surface area contributed by atoms with Crippen molar-refractivity contribution in [2.75, 3.05) is 0 Å². The molecule has 1 aliphatic rings.